The summed E-state index contributed by atoms with van der Waals surface area (Å²) in [6, 6.07) is -3.59. The molecular weight excluding hydrogens is 354 g/mol. The van der Waals surface area contributed by atoms with Crippen molar-refractivity contribution in [3.63, 3.8) is 0 Å². The van der Waals surface area contributed by atoms with E-state index in [-0.39, 0.29) is 31.4 Å². The van der Waals surface area contributed by atoms with Gasteiger partial charge in [-0.25, -0.2) is 4.79 Å². The summed E-state index contributed by atoms with van der Waals surface area (Å²) in [6.45, 7) is 0. The number of carboxylic acid groups (broad SMARTS) is 1. The Labute approximate surface area is 149 Å². The zero-order valence-corrected chi connectivity index (χ0v) is 14.3. The molecule has 0 rings (SSSR count). The van der Waals surface area contributed by atoms with Crippen LogP contribution in [0.2, 0.25) is 0 Å². The number of primary amides is 2. The molecule has 25 heavy (non-hydrogen) atoms. The summed E-state index contributed by atoms with van der Waals surface area (Å²) in [4.78, 5) is 56.9. The number of aliphatic carboxylic acids is 1. The molecule has 0 saturated carbocycles. The van der Waals surface area contributed by atoms with Crippen LogP contribution in [-0.4, -0.2) is 58.6 Å². The van der Waals surface area contributed by atoms with Gasteiger partial charge in [-0.2, -0.15) is 12.6 Å². The van der Waals surface area contributed by atoms with E-state index in [0.717, 1.165) is 0 Å². The molecule has 0 heterocycles. The molecule has 0 saturated heterocycles. The first-order chi connectivity index (χ1) is 11.6. The van der Waals surface area contributed by atoms with Crippen LogP contribution < -0.4 is 27.8 Å². The topological polar surface area (TPSA) is 208 Å². The molecule has 0 aliphatic heterocycles. The Morgan fingerprint density at radius 3 is 1.72 bits per heavy atom. The van der Waals surface area contributed by atoms with Gasteiger partial charge < -0.3 is 32.9 Å². The van der Waals surface area contributed by atoms with Crippen LogP contribution >= 0.6 is 12.6 Å². The first-order valence-corrected chi connectivity index (χ1v) is 7.98. The van der Waals surface area contributed by atoms with E-state index < -0.39 is 47.7 Å². The molecule has 0 aromatic rings. The fourth-order valence-corrected chi connectivity index (χ4v) is 1.90. The second-order valence-corrected chi connectivity index (χ2v) is 5.62. The first kappa shape index (κ1) is 22.7. The Morgan fingerprint density at radius 2 is 1.32 bits per heavy atom. The number of nitrogens with two attached hydrogens (primary N) is 3. The number of nitrogens with one attached hydrogen (secondary N) is 2. The quantitative estimate of drug-likeness (QED) is 0.173. The summed E-state index contributed by atoms with van der Waals surface area (Å²) in [7, 11) is 0. The molecule has 142 valence electrons. The highest BCUT2D eigenvalue weighted by Gasteiger charge is 2.28. The van der Waals surface area contributed by atoms with Crippen molar-refractivity contribution in [1.82, 2.24) is 10.6 Å². The molecule has 0 aliphatic carbocycles. The molecule has 0 aromatic heterocycles. The summed E-state index contributed by atoms with van der Waals surface area (Å²) in [5.74, 6) is -4.32. The lowest BCUT2D eigenvalue weighted by atomic mass is 10.1. The molecule has 0 radical (unpaired) electrons. The predicted molar refractivity (Wildman–Crippen MR) is 90.2 cm³/mol. The van der Waals surface area contributed by atoms with Crippen LogP contribution in [0.25, 0.3) is 0 Å². The Hall–Kier alpha value is -2.34. The van der Waals surface area contributed by atoms with Gasteiger partial charge in [-0.05, 0) is 12.8 Å². The van der Waals surface area contributed by atoms with Crippen LogP contribution in [0.15, 0.2) is 0 Å². The van der Waals surface area contributed by atoms with E-state index in [2.05, 4.69) is 23.3 Å². The summed E-state index contributed by atoms with van der Waals surface area (Å²) >= 11 is 3.86. The molecule has 3 unspecified atom stereocenters. The van der Waals surface area contributed by atoms with E-state index in [1.54, 1.807) is 0 Å². The number of carbonyl (C=O) groups is 5. The highest BCUT2D eigenvalue weighted by atomic mass is 32.1. The number of amides is 4. The van der Waals surface area contributed by atoms with E-state index in [0.29, 0.717) is 0 Å². The number of hydrogen-bond acceptors (Lipinski definition) is 7. The van der Waals surface area contributed by atoms with Gasteiger partial charge in [0, 0.05) is 18.6 Å². The summed E-state index contributed by atoms with van der Waals surface area (Å²) in [5.41, 5.74) is 15.5. The highest BCUT2D eigenvalue weighted by molar-refractivity contribution is 7.80. The molecule has 11 nitrogen and oxygen atoms in total. The van der Waals surface area contributed by atoms with Crippen LogP contribution in [0.5, 0.6) is 0 Å². The lowest BCUT2D eigenvalue weighted by Gasteiger charge is -2.22. The van der Waals surface area contributed by atoms with Crippen molar-refractivity contribution in [2.45, 2.75) is 43.8 Å². The van der Waals surface area contributed by atoms with Gasteiger partial charge in [0.05, 0.1) is 6.04 Å². The lowest BCUT2D eigenvalue weighted by Crippen LogP contribution is -2.55. The largest absolute Gasteiger partial charge is 0.480 e. The standard InChI is InChI=1S/C13H23N5O6S/c14-6(5-25)11(21)17-7(1-3-9(15)19)12(22)18-8(13(23)24)2-4-10(16)20/h6-8,25H,1-5,14H2,(H2,15,19)(H2,16,20)(H,17,21)(H,18,22)(H,23,24). The second-order valence-electron chi connectivity index (χ2n) is 5.26. The minimum absolute atomic E-state index is 0.0202. The fourth-order valence-electron chi connectivity index (χ4n) is 1.73. The summed E-state index contributed by atoms with van der Waals surface area (Å²) in [6.07, 6.45) is -0.828. The monoisotopic (exact) mass is 377 g/mol. The molecule has 0 bridgehead atoms. The average molecular weight is 377 g/mol. The predicted octanol–water partition coefficient (Wildman–Crippen LogP) is -3.17. The maximum absolute atomic E-state index is 12.2. The molecule has 0 aliphatic rings. The number of thiol groups is 1. The second kappa shape index (κ2) is 11.3. The van der Waals surface area contributed by atoms with E-state index in [1.165, 1.54) is 0 Å². The summed E-state index contributed by atoms with van der Waals surface area (Å²) < 4.78 is 0. The highest BCUT2D eigenvalue weighted by Crippen LogP contribution is 2.03. The third-order valence-corrected chi connectivity index (χ3v) is 3.53. The molecule has 0 spiro atoms. The number of rotatable bonds is 12. The maximum Gasteiger partial charge on any atom is 0.326 e. The van der Waals surface area contributed by atoms with Crippen LogP contribution in [0, 0.1) is 0 Å². The Bertz CT molecular complexity index is 529. The van der Waals surface area contributed by atoms with Crippen molar-refractivity contribution in [1.29, 1.82) is 0 Å². The van der Waals surface area contributed by atoms with Gasteiger partial charge in [0.25, 0.3) is 0 Å². The number of carboxylic acids is 1. The molecule has 0 fully saturated rings. The van der Waals surface area contributed by atoms with Gasteiger partial charge in [-0.15, -0.1) is 0 Å². The zero-order valence-electron chi connectivity index (χ0n) is 13.4. The third-order valence-electron chi connectivity index (χ3n) is 3.14. The van der Waals surface area contributed by atoms with Crippen LogP contribution in [0.4, 0.5) is 0 Å². The van der Waals surface area contributed by atoms with E-state index >= 15 is 0 Å². The fraction of sp³-hybridized carbons (Fsp3) is 0.615. The van der Waals surface area contributed by atoms with Crippen LogP contribution in [0.1, 0.15) is 25.7 Å². The van der Waals surface area contributed by atoms with Crippen molar-refractivity contribution in [2.24, 2.45) is 17.2 Å². The zero-order chi connectivity index (χ0) is 19.6. The third kappa shape index (κ3) is 9.52. The van der Waals surface area contributed by atoms with Crippen molar-refractivity contribution in [2.75, 3.05) is 5.75 Å². The molecule has 12 heteroatoms. The maximum atomic E-state index is 12.2. The van der Waals surface area contributed by atoms with Crippen molar-refractivity contribution >= 4 is 42.2 Å². The van der Waals surface area contributed by atoms with Gasteiger partial charge in [0.15, 0.2) is 0 Å². The molecular formula is C13H23N5O6S. The Balaban J connectivity index is 5.02. The van der Waals surface area contributed by atoms with Crippen molar-refractivity contribution < 1.29 is 29.1 Å². The van der Waals surface area contributed by atoms with Gasteiger partial charge in [-0.1, -0.05) is 0 Å². The molecule has 9 N–H and O–H groups in total. The van der Waals surface area contributed by atoms with Crippen molar-refractivity contribution in [3.8, 4) is 0 Å². The molecule has 3 atom stereocenters. The van der Waals surface area contributed by atoms with Gasteiger partial charge in [-0.3, -0.25) is 19.2 Å². The Morgan fingerprint density at radius 1 is 0.880 bits per heavy atom. The van der Waals surface area contributed by atoms with Crippen LogP contribution in [0.3, 0.4) is 0 Å². The van der Waals surface area contributed by atoms with Crippen molar-refractivity contribution in [3.05, 3.63) is 0 Å². The number of carbonyl (C=O) groups excluding carboxylic acids is 4. The van der Waals surface area contributed by atoms with Gasteiger partial charge >= 0.3 is 5.97 Å². The first-order valence-electron chi connectivity index (χ1n) is 7.35. The van der Waals surface area contributed by atoms with E-state index in [4.69, 9.17) is 22.3 Å². The van der Waals surface area contributed by atoms with Crippen LogP contribution in [-0.2, 0) is 24.0 Å². The smallest absolute Gasteiger partial charge is 0.326 e. The Kier molecular flexibility index (Phi) is 10.2. The normalized spacial score (nSPS) is 14.0. The SMILES string of the molecule is NC(=O)CCC(NC(=O)C(CCC(N)=O)NC(=O)C(N)CS)C(=O)O. The van der Waals surface area contributed by atoms with E-state index in [9.17, 15) is 24.0 Å². The molecule has 0 aromatic carbocycles. The van der Waals surface area contributed by atoms with Gasteiger partial charge in [0.2, 0.25) is 23.6 Å². The minimum atomic E-state index is -1.38. The lowest BCUT2D eigenvalue weighted by molar-refractivity contribution is -0.142. The minimum Gasteiger partial charge on any atom is -0.480 e. The average Bonchev–Trinajstić information content (AvgIpc) is 2.53. The van der Waals surface area contributed by atoms with Gasteiger partial charge in [0.1, 0.15) is 12.1 Å². The summed E-state index contributed by atoms with van der Waals surface area (Å²) in [5, 5.41) is 13.6. The van der Waals surface area contributed by atoms with E-state index in [1.807, 2.05) is 0 Å². The number of hydrogen-bond donors (Lipinski definition) is 7. The molecule has 4 amide bonds.